The first kappa shape index (κ1) is 18.2. The van der Waals surface area contributed by atoms with Gasteiger partial charge in [0.25, 0.3) is 0 Å². The molecular weight excluding hydrogens is 356 g/mol. The van der Waals surface area contributed by atoms with Crippen molar-refractivity contribution >= 4 is 28.4 Å². The fraction of sp³-hybridized carbons (Fsp3) is 0.278. The molecule has 0 aliphatic heterocycles. The van der Waals surface area contributed by atoms with E-state index in [1.807, 2.05) is 18.2 Å². The summed E-state index contributed by atoms with van der Waals surface area (Å²) in [5.41, 5.74) is 3.17. The third kappa shape index (κ3) is 3.79. The molecule has 1 aromatic carbocycles. The van der Waals surface area contributed by atoms with Crippen LogP contribution in [0.4, 0.5) is 0 Å². The van der Waals surface area contributed by atoms with E-state index < -0.39 is 6.10 Å². The lowest BCUT2D eigenvalue weighted by Crippen LogP contribution is -2.33. The summed E-state index contributed by atoms with van der Waals surface area (Å²) in [4.78, 5) is 23.6. The topological polar surface area (TPSA) is 89.1 Å². The molecule has 0 unspecified atom stereocenters. The average molecular weight is 375 g/mol. The molecule has 7 nitrogen and oxygen atoms in total. The van der Waals surface area contributed by atoms with Crippen LogP contribution in [-0.2, 0) is 16.1 Å². The lowest BCUT2D eigenvalue weighted by atomic mass is 10.1. The van der Waals surface area contributed by atoms with Crippen molar-refractivity contribution in [3.05, 3.63) is 41.3 Å². The van der Waals surface area contributed by atoms with Crippen LogP contribution in [0.1, 0.15) is 12.6 Å². The Kier molecular flexibility index (Phi) is 5.39. The van der Waals surface area contributed by atoms with Crippen LogP contribution >= 0.6 is 11.6 Å². The number of carbonyl (C=O) groups excluding carboxylic acids is 1. The molecule has 0 radical (unpaired) electrons. The van der Waals surface area contributed by atoms with Crippen molar-refractivity contribution in [1.82, 2.24) is 20.3 Å². The van der Waals surface area contributed by atoms with E-state index in [4.69, 9.17) is 21.1 Å². The molecule has 0 bridgehead atoms. The molecule has 0 aliphatic carbocycles. The minimum Gasteiger partial charge on any atom is -0.480 e. The Morgan fingerprint density at radius 2 is 2.08 bits per heavy atom. The third-order valence-electron chi connectivity index (χ3n) is 4.05. The molecule has 2 heterocycles. The van der Waals surface area contributed by atoms with Crippen molar-refractivity contribution in [2.75, 3.05) is 14.2 Å². The largest absolute Gasteiger partial charge is 0.480 e. The molecule has 8 heteroatoms. The number of nitrogens with one attached hydrogen (secondary N) is 2. The summed E-state index contributed by atoms with van der Waals surface area (Å²) in [5, 5.41) is 4.34. The maximum Gasteiger partial charge on any atom is 0.249 e. The normalized spacial score (nSPS) is 12.2. The van der Waals surface area contributed by atoms with E-state index in [0.717, 1.165) is 22.2 Å². The number of carbonyl (C=O) groups is 1. The second-order valence-corrected chi connectivity index (χ2v) is 6.16. The van der Waals surface area contributed by atoms with Crippen molar-refractivity contribution < 1.29 is 14.3 Å². The Bertz CT molecular complexity index is 924. The first-order valence-corrected chi connectivity index (χ1v) is 8.37. The van der Waals surface area contributed by atoms with Gasteiger partial charge in [-0.15, -0.1) is 0 Å². The van der Waals surface area contributed by atoms with Gasteiger partial charge in [-0.3, -0.25) is 4.79 Å². The van der Waals surface area contributed by atoms with E-state index in [9.17, 15) is 4.79 Å². The van der Waals surface area contributed by atoms with Gasteiger partial charge in [0.05, 0.1) is 36.8 Å². The fourth-order valence-electron chi connectivity index (χ4n) is 2.50. The van der Waals surface area contributed by atoms with Gasteiger partial charge in [0, 0.05) is 29.3 Å². The van der Waals surface area contributed by atoms with E-state index >= 15 is 0 Å². The van der Waals surface area contributed by atoms with Crippen LogP contribution < -0.4 is 10.1 Å². The zero-order valence-electron chi connectivity index (χ0n) is 14.7. The van der Waals surface area contributed by atoms with Gasteiger partial charge in [0.1, 0.15) is 6.10 Å². The summed E-state index contributed by atoms with van der Waals surface area (Å²) < 4.78 is 10.0. The summed E-state index contributed by atoms with van der Waals surface area (Å²) in [5.74, 6) is 0.271. The Hall–Kier alpha value is -2.64. The number of H-pyrrole nitrogens is 1. The number of benzene rings is 1. The van der Waals surface area contributed by atoms with E-state index in [1.54, 1.807) is 19.3 Å². The number of hydrogen-bond acceptors (Lipinski definition) is 5. The number of methoxy groups -OCH3 is 2. The standard InChI is InChI=1S/C18H19ClN4O3/c1-10(25-2)18(24)22-7-12-4-11-5-14(19)13(6-15(11)23-12)16-8-21-17(26-3)9-20-16/h4-6,8-10,23H,7H2,1-3H3,(H,22,24)/t10-/m0/s1. The quantitative estimate of drug-likeness (QED) is 0.692. The zero-order chi connectivity index (χ0) is 18.7. The highest BCUT2D eigenvalue weighted by Gasteiger charge is 2.13. The molecule has 2 N–H and O–H groups in total. The molecule has 1 atom stereocenters. The lowest BCUT2D eigenvalue weighted by Gasteiger charge is -2.09. The van der Waals surface area contributed by atoms with Gasteiger partial charge in [0.15, 0.2) is 0 Å². The van der Waals surface area contributed by atoms with Crippen molar-refractivity contribution in [1.29, 1.82) is 0 Å². The molecule has 3 rings (SSSR count). The number of hydrogen-bond donors (Lipinski definition) is 2. The van der Waals surface area contributed by atoms with Gasteiger partial charge in [-0.05, 0) is 25.1 Å². The number of ether oxygens (including phenoxy) is 2. The SMILES string of the molecule is COc1cnc(-c2cc3[nH]c(CNC(=O)[C@H](C)OC)cc3cc2Cl)cn1. The van der Waals surface area contributed by atoms with E-state index in [2.05, 4.69) is 20.3 Å². The summed E-state index contributed by atoms with van der Waals surface area (Å²) in [6.45, 7) is 2.07. The highest BCUT2D eigenvalue weighted by Crippen LogP contribution is 2.31. The van der Waals surface area contributed by atoms with Gasteiger partial charge in [0.2, 0.25) is 11.8 Å². The molecule has 0 saturated heterocycles. The first-order valence-electron chi connectivity index (χ1n) is 8.00. The van der Waals surface area contributed by atoms with Gasteiger partial charge in [-0.1, -0.05) is 11.6 Å². The van der Waals surface area contributed by atoms with Gasteiger partial charge >= 0.3 is 0 Å². The molecule has 3 aromatic rings. The van der Waals surface area contributed by atoms with Gasteiger partial charge < -0.3 is 19.8 Å². The van der Waals surface area contributed by atoms with Crippen LogP contribution in [0.25, 0.3) is 22.2 Å². The second kappa shape index (κ2) is 7.72. The highest BCUT2D eigenvalue weighted by molar-refractivity contribution is 6.34. The van der Waals surface area contributed by atoms with Crippen LogP contribution in [0, 0.1) is 0 Å². The van der Waals surface area contributed by atoms with Crippen LogP contribution in [0.15, 0.2) is 30.6 Å². The summed E-state index contributed by atoms with van der Waals surface area (Å²) in [6, 6.07) is 5.72. The monoisotopic (exact) mass is 374 g/mol. The minimum atomic E-state index is -0.492. The number of nitrogens with zero attached hydrogens (tertiary/aromatic N) is 2. The predicted molar refractivity (Wildman–Crippen MR) is 99.2 cm³/mol. The minimum absolute atomic E-state index is 0.168. The maximum absolute atomic E-state index is 11.8. The van der Waals surface area contributed by atoms with Crippen molar-refractivity contribution in [3.8, 4) is 17.1 Å². The van der Waals surface area contributed by atoms with E-state index in [-0.39, 0.29) is 5.91 Å². The molecule has 2 aromatic heterocycles. The van der Waals surface area contributed by atoms with Gasteiger partial charge in [-0.25, -0.2) is 9.97 Å². The smallest absolute Gasteiger partial charge is 0.249 e. The predicted octanol–water partition coefficient (Wildman–Crippen LogP) is 2.94. The van der Waals surface area contributed by atoms with Crippen LogP contribution in [-0.4, -0.2) is 41.2 Å². The second-order valence-electron chi connectivity index (χ2n) is 5.75. The fourth-order valence-corrected chi connectivity index (χ4v) is 2.77. The Morgan fingerprint density at radius 3 is 2.73 bits per heavy atom. The maximum atomic E-state index is 11.8. The Morgan fingerprint density at radius 1 is 1.27 bits per heavy atom. The average Bonchev–Trinajstić information content (AvgIpc) is 3.06. The number of halogens is 1. The third-order valence-corrected chi connectivity index (χ3v) is 4.37. The molecule has 26 heavy (non-hydrogen) atoms. The van der Waals surface area contributed by atoms with Crippen molar-refractivity contribution in [2.45, 2.75) is 19.6 Å². The number of rotatable bonds is 6. The van der Waals surface area contributed by atoms with E-state index in [1.165, 1.54) is 14.2 Å². The Balaban J connectivity index is 1.84. The van der Waals surface area contributed by atoms with Crippen LogP contribution in [0.2, 0.25) is 5.02 Å². The van der Waals surface area contributed by atoms with Crippen molar-refractivity contribution in [2.24, 2.45) is 0 Å². The summed E-state index contributed by atoms with van der Waals surface area (Å²) in [7, 11) is 3.04. The van der Waals surface area contributed by atoms with Crippen LogP contribution in [0.5, 0.6) is 5.88 Å². The van der Waals surface area contributed by atoms with Gasteiger partial charge in [-0.2, -0.15) is 0 Å². The first-order chi connectivity index (χ1) is 12.5. The number of amides is 1. The molecular formula is C18H19ClN4O3. The molecule has 136 valence electrons. The van der Waals surface area contributed by atoms with Crippen molar-refractivity contribution in [3.63, 3.8) is 0 Å². The van der Waals surface area contributed by atoms with E-state index in [0.29, 0.717) is 23.1 Å². The summed E-state index contributed by atoms with van der Waals surface area (Å²) in [6.07, 6.45) is 2.67. The highest BCUT2D eigenvalue weighted by atomic mass is 35.5. The molecule has 0 fully saturated rings. The lowest BCUT2D eigenvalue weighted by molar-refractivity contribution is -0.130. The number of fused-ring (bicyclic) bond motifs is 1. The zero-order valence-corrected chi connectivity index (χ0v) is 15.4. The van der Waals surface area contributed by atoms with Crippen LogP contribution in [0.3, 0.4) is 0 Å². The Labute approximate surface area is 155 Å². The molecule has 1 amide bonds. The molecule has 0 saturated carbocycles. The molecule has 0 spiro atoms. The molecule has 0 aliphatic rings. The summed E-state index contributed by atoms with van der Waals surface area (Å²) >= 11 is 6.41. The number of aromatic amines is 1. The number of aromatic nitrogens is 3.